The number of likely N-dealkylation sites (tertiary alicyclic amines) is 1. The van der Waals surface area contributed by atoms with Crippen molar-refractivity contribution < 1.29 is 9.59 Å². The normalized spacial score (nSPS) is 14.8. The summed E-state index contributed by atoms with van der Waals surface area (Å²) < 4.78 is 0. The van der Waals surface area contributed by atoms with E-state index in [0.29, 0.717) is 31.0 Å². The van der Waals surface area contributed by atoms with Crippen LogP contribution in [-0.4, -0.2) is 55.4 Å². The van der Waals surface area contributed by atoms with Crippen LogP contribution in [0.3, 0.4) is 0 Å². The number of rotatable bonds is 11. The molecule has 31 heavy (non-hydrogen) atoms. The molecular formula is C24H39N5O2. The molecule has 3 N–H and O–H groups in total. The molecule has 172 valence electrons. The van der Waals surface area contributed by atoms with Gasteiger partial charge >= 0.3 is 0 Å². The summed E-state index contributed by atoms with van der Waals surface area (Å²) in [7, 11) is 0. The number of hydrogen-bond acceptors (Lipinski definition) is 3. The molecule has 1 aromatic rings. The second-order valence-electron chi connectivity index (χ2n) is 7.97. The second kappa shape index (κ2) is 14.4. The van der Waals surface area contributed by atoms with Crippen molar-refractivity contribution in [3.63, 3.8) is 0 Å². The summed E-state index contributed by atoms with van der Waals surface area (Å²) in [6, 6.07) is 7.61. The topological polar surface area (TPSA) is 85.8 Å². The molecule has 2 amide bonds. The Morgan fingerprint density at radius 2 is 1.77 bits per heavy atom. The number of aliphatic imine (C=N–C) groups is 1. The number of benzene rings is 1. The zero-order valence-corrected chi connectivity index (χ0v) is 19.2. The highest BCUT2D eigenvalue weighted by atomic mass is 16.2. The first-order valence-electron chi connectivity index (χ1n) is 11.8. The quantitative estimate of drug-likeness (QED) is 0.287. The van der Waals surface area contributed by atoms with Crippen LogP contribution in [-0.2, 0) is 11.3 Å². The van der Waals surface area contributed by atoms with Crippen LogP contribution in [0.2, 0.25) is 0 Å². The van der Waals surface area contributed by atoms with Crippen LogP contribution < -0.4 is 16.0 Å². The minimum Gasteiger partial charge on any atom is -0.357 e. The molecule has 0 spiro atoms. The van der Waals surface area contributed by atoms with E-state index in [2.05, 4.69) is 27.9 Å². The summed E-state index contributed by atoms with van der Waals surface area (Å²) in [5.74, 6) is 1.04. The van der Waals surface area contributed by atoms with Gasteiger partial charge in [-0.05, 0) is 50.3 Å². The number of guanidine groups is 1. The van der Waals surface area contributed by atoms with Gasteiger partial charge in [-0.1, -0.05) is 31.9 Å². The van der Waals surface area contributed by atoms with Gasteiger partial charge in [-0.25, -0.2) is 4.99 Å². The van der Waals surface area contributed by atoms with Crippen LogP contribution in [0.5, 0.6) is 0 Å². The Balaban J connectivity index is 1.78. The Hall–Kier alpha value is -2.57. The van der Waals surface area contributed by atoms with Gasteiger partial charge in [0.15, 0.2) is 5.96 Å². The van der Waals surface area contributed by atoms with Gasteiger partial charge in [0.05, 0.1) is 6.54 Å². The molecule has 0 aliphatic carbocycles. The van der Waals surface area contributed by atoms with Gasteiger partial charge < -0.3 is 20.9 Å². The lowest BCUT2D eigenvalue weighted by Crippen LogP contribution is -2.39. The maximum atomic E-state index is 12.1. The Labute approximate surface area is 187 Å². The lowest BCUT2D eigenvalue weighted by atomic mass is 10.1. The summed E-state index contributed by atoms with van der Waals surface area (Å²) in [6.45, 7) is 8.64. The molecule has 1 saturated heterocycles. The van der Waals surface area contributed by atoms with Gasteiger partial charge in [0.2, 0.25) is 5.91 Å². The first-order valence-corrected chi connectivity index (χ1v) is 11.8. The van der Waals surface area contributed by atoms with Crippen molar-refractivity contribution in [1.29, 1.82) is 0 Å². The van der Waals surface area contributed by atoms with E-state index in [0.717, 1.165) is 76.2 Å². The summed E-state index contributed by atoms with van der Waals surface area (Å²) in [5, 5.41) is 9.55. The predicted octanol–water partition coefficient (Wildman–Crippen LogP) is 3.06. The number of amides is 2. The molecule has 0 saturated carbocycles. The smallest absolute Gasteiger partial charge is 0.251 e. The van der Waals surface area contributed by atoms with Gasteiger partial charge in [-0.15, -0.1) is 0 Å². The van der Waals surface area contributed by atoms with Crippen LogP contribution in [0.1, 0.15) is 74.7 Å². The Bertz CT molecular complexity index is 702. The van der Waals surface area contributed by atoms with Crippen molar-refractivity contribution in [3.05, 3.63) is 35.4 Å². The Kier molecular flexibility index (Phi) is 11.5. The molecular weight excluding hydrogens is 390 g/mol. The fourth-order valence-electron chi connectivity index (χ4n) is 3.51. The Morgan fingerprint density at radius 1 is 1.00 bits per heavy atom. The molecule has 7 nitrogen and oxygen atoms in total. The minimum absolute atomic E-state index is 0.0265. The van der Waals surface area contributed by atoms with Crippen LogP contribution >= 0.6 is 0 Å². The molecule has 0 aromatic heterocycles. The average Bonchev–Trinajstić information content (AvgIpc) is 2.99. The second-order valence-corrected chi connectivity index (χ2v) is 7.97. The number of carbonyl (C=O) groups is 2. The van der Waals surface area contributed by atoms with Crippen LogP contribution in [0.15, 0.2) is 29.3 Å². The molecule has 0 unspecified atom stereocenters. The van der Waals surface area contributed by atoms with E-state index < -0.39 is 0 Å². The first kappa shape index (κ1) is 24.7. The number of nitrogens with one attached hydrogen (secondary N) is 3. The van der Waals surface area contributed by atoms with Crippen molar-refractivity contribution in [2.24, 2.45) is 4.99 Å². The molecule has 2 rings (SSSR count). The summed E-state index contributed by atoms with van der Waals surface area (Å²) in [4.78, 5) is 30.8. The first-order chi connectivity index (χ1) is 15.1. The number of unbranched alkanes of at least 4 members (excludes halogenated alkanes) is 1. The van der Waals surface area contributed by atoms with Crippen molar-refractivity contribution in [2.45, 2.75) is 65.3 Å². The zero-order chi connectivity index (χ0) is 22.3. The third kappa shape index (κ3) is 9.40. The molecule has 0 bridgehead atoms. The van der Waals surface area contributed by atoms with E-state index >= 15 is 0 Å². The standard InChI is InChI=1S/C24H39N5O2/c1-3-5-15-26-23(31)21-13-11-20(12-14-21)19-28-24(25-4-2)27-16-9-18-29-17-8-6-7-10-22(29)30/h11-14H,3-10,15-19H2,1-2H3,(H,26,31)(H2,25,27,28). The lowest BCUT2D eigenvalue weighted by Gasteiger charge is -2.20. The van der Waals surface area contributed by atoms with Crippen LogP contribution in [0.25, 0.3) is 0 Å². The van der Waals surface area contributed by atoms with E-state index in [-0.39, 0.29) is 5.91 Å². The number of nitrogens with zero attached hydrogens (tertiary/aromatic N) is 2. The third-order valence-electron chi connectivity index (χ3n) is 5.36. The highest BCUT2D eigenvalue weighted by Crippen LogP contribution is 2.11. The van der Waals surface area contributed by atoms with Crippen molar-refractivity contribution >= 4 is 17.8 Å². The SMILES string of the molecule is CCCCNC(=O)c1ccc(CN=C(NCC)NCCCN2CCCCCC2=O)cc1. The van der Waals surface area contributed by atoms with Crippen LogP contribution in [0.4, 0.5) is 0 Å². The van der Waals surface area contributed by atoms with E-state index in [1.54, 1.807) is 0 Å². The molecule has 1 aromatic carbocycles. The largest absolute Gasteiger partial charge is 0.357 e. The molecule has 1 aliphatic heterocycles. The van der Waals surface area contributed by atoms with E-state index in [1.807, 2.05) is 36.1 Å². The molecule has 0 radical (unpaired) electrons. The van der Waals surface area contributed by atoms with Crippen molar-refractivity contribution in [2.75, 3.05) is 32.7 Å². The van der Waals surface area contributed by atoms with Gasteiger partial charge in [0.25, 0.3) is 5.91 Å². The molecule has 1 aliphatic rings. The average molecular weight is 430 g/mol. The number of hydrogen-bond donors (Lipinski definition) is 3. The highest BCUT2D eigenvalue weighted by Gasteiger charge is 2.15. The van der Waals surface area contributed by atoms with E-state index in [4.69, 9.17) is 0 Å². The van der Waals surface area contributed by atoms with Crippen molar-refractivity contribution in [1.82, 2.24) is 20.9 Å². The fourth-order valence-corrected chi connectivity index (χ4v) is 3.51. The van der Waals surface area contributed by atoms with E-state index in [1.165, 1.54) is 0 Å². The number of carbonyl (C=O) groups excluding carboxylic acids is 2. The molecule has 0 atom stereocenters. The van der Waals surface area contributed by atoms with Gasteiger partial charge in [-0.2, -0.15) is 0 Å². The lowest BCUT2D eigenvalue weighted by molar-refractivity contribution is -0.130. The third-order valence-corrected chi connectivity index (χ3v) is 5.36. The van der Waals surface area contributed by atoms with Gasteiger partial charge in [0, 0.05) is 44.7 Å². The predicted molar refractivity (Wildman–Crippen MR) is 126 cm³/mol. The monoisotopic (exact) mass is 429 g/mol. The van der Waals surface area contributed by atoms with E-state index in [9.17, 15) is 9.59 Å². The van der Waals surface area contributed by atoms with Crippen LogP contribution in [0, 0.1) is 0 Å². The summed E-state index contributed by atoms with van der Waals surface area (Å²) >= 11 is 0. The summed E-state index contributed by atoms with van der Waals surface area (Å²) in [5.41, 5.74) is 1.73. The minimum atomic E-state index is -0.0265. The zero-order valence-electron chi connectivity index (χ0n) is 19.2. The van der Waals surface area contributed by atoms with Gasteiger partial charge in [-0.3, -0.25) is 9.59 Å². The van der Waals surface area contributed by atoms with Gasteiger partial charge in [0.1, 0.15) is 0 Å². The fraction of sp³-hybridized carbons (Fsp3) is 0.625. The molecule has 1 heterocycles. The summed E-state index contributed by atoms with van der Waals surface area (Å²) in [6.07, 6.45) is 6.94. The molecule has 7 heteroatoms. The highest BCUT2D eigenvalue weighted by molar-refractivity contribution is 5.94. The Morgan fingerprint density at radius 3 is 2.52 bits per heavy atom. The van der Waals surface area contributed by atoms with Crippen molar-refractivity contribution in [3.8, 4) is 0 Å². The maximum Gasteiger partial charge on any atom is 0.251 e. The molecule has 1 fully saturated rings. The maximum absolute atomic E-state index is 12.1.